The third-order valence-electron chi connectivity index (χ3n) is 5.61. The molecular formula is C24H25Cl2NO4. The lowest BCUT2D eigenvalue weighted by atomic mass is 9.72. The average Bonchev–Trinajstić information content (AvgIpc) is 2.80. The standard InChI is InChI=1S/C24H25Cl2NO4/c1-30-23(28)20-6-4-3-5-19(20)21(24(29)31-2)22(15-7-9-16(25)10-8-15)27-18-13-11-17(26)12-14-18/h3,5,7-14,19-22,27H,4,6H2,1-2H3/t19-,20+,21+,22+/m0/s1. The van der Waals surface area contributed by atoms with Crippen molar-refractivity contribution in [3.8, 4) is 0 Å². The van der Waals surface area contributed by atoms with Gasteiger partial charge in [0.05, 0.1) is 32.1 Å². The van der Waals surface area contributed by atoms with Crippen LogP contribution in [0.15, 0.2) is 60.7 Å². The van der Waals surface area contributed by atoms with Gasteiger partial charge in [-0.25, -0.2) is 0 Å². The van der Waals surface area contributed by atoms with Gasteiger partial charge in [-0.05, 0) is 54.8 Å². The Morgan fingerprint density at radius 1 is 0.968 bits per heavy atom. The summed E-state index contributed by atoms with van der Waals surface area (Å²) in [6.07, 6.45) is 5.29. The van der Waals surface area contributed by atoms with E-state index in [0.717, 1.165) is 17.7 Å². The maximum Gasteiger partial charge on any atom is 0.311 e. The van der Waals surface area contributed by atoms with Crippen molar-refractivity contribution >= 4 is 40.8 Å². The molecule has 0 unspecified atom stereocenters. The number of ether oxygens (including phenoxy) is 2. The van der Waals surface area contributed by atoms with E-state index in [1.807, 2.05) is 36.4 Å². The van der Waals surface area contributed by atoms with Crippen molar-refractivity contribution in [1.82, 2.24) is 0 Å². The smallest absolute Gasteiger partial charge is 0.311 e. The van der Waals surface area contributed by atoms with Crippen LogP contribution in [0.1, 0.15) is 24.4 Å². The molecule has 7 heteroatoms. The maximum atomic E-state index is 13.1. The third-order valence-corrected chi connectivity index (χ3v) is 6.12. The highest BCUT2D eigenvalue weighted by Crippen LogP contribution is 2.41. The Morgan fingerprint density at radius 3 is 2.16 bits per heavy atom. The van der Waals surface area contributed by atoms with E-state index in [1.54, 1.807) is 24.3 Å². The molecule has 1 N–H and O–H groups in total. The number of carbonyl (C=O) groups is 2. The van der Waals surface area contributed by atoms with E-state index in [0.29, 0.717) is 16.5 Å². The molecule has 0 heterocycles. The van der Waals surface area contributed by atoms with Crippen LogP contribution in [-0.4, -0.2) is 26.2 Å². The Labute approximate surface area is 192 Å². The first kappa shape index (κ1) is 23.2. The van der Waals surface area contributed by atoms with Gasteiger partial charge < -0.3 is 14.8 Å². The number of methoxy groups -OCH3 is 2. The van der Waals surface area contributed by atoms with E-state index in [9.17, 15) is 9.59 Å². The van der Waals surface area contributed by atoms with Crippen molar-refractivity contribution in [2.45, 2.75) is 18.9 Å². The molecule has 1 aliphatic rings. The molecule has 4 atom stereocenters. The molecule has 0 aliphatic heterocycles. The van der Waals surface area contributed by atoms with Crippen LogP contribution in [-0.2, 0) is 19.1 Å². The molecule has 0 spiro atoms. The lowest BCUT2D eigenvalue weighted by Gasteiger charge is -2.36. The first-order valence-corrected chi connectivity index (χ1v) is 10.8. The van der Waals surface area contributed by atoms with E-state index >= 15 is 0 Å². The Kier molecular flexibility index (Phi) is 7.99. The number of hydrogen-bond donors (Lipinski definition) is 1. The summed E-state index contributed by atoms with van der Waals surface area (Å²) < 4.78 is 10.2. The largest absolute Gasteiger partial charge is 0.469 e. The minimum Gasteiger partial charge on any atom is -0.469 e. The van der Waals surface area contributed by atoms with Crippen molar-refractivity contribution in [3.63, 3.8) is 0 Å². The fraction of sp³-hybridized carbons (Fsp3) is 0.333. The molecule has 3 rings (SSSR count). The van der Waals surface area contributed by atoms with E-state index in [2.05, 4.69) is 5.32 Å². The molecular weight excluding hydrogens is 437 g/mol. The molecule has 1 aliphatic carbocycles. The number of hydrogen-bond acceptors (Lipinski definition) is 5. The maximum absolute atomic E-state index is 13.1. The zero-order valence-electron chi connectivity index (χ0n) is 17.4. The minimum absolute atomic E-state index is 0.329. The zero-order chi connectivity index (χ0) is 22.4. The summed E-state index contributed by atoms with van der Waals surface area (Å²) >= 11 is 12.1. The monoisotopic (exact) mass is 461 g/mol. The zero-order valence-corrected chi connectivity index (χ0v) is 18.9. The van der Waals surface area contributed by atoms with E-state index in [-0.39, 0.29) is 5.97 Å². The summed E-state index contributed by atoms with van der Waals surface area (Å²) in [5, 5.41) is 4.65. The van der Waals surface area contributed by atoms with Gasteiger partial charge in [0.2, 0.25) is 0 Å². The van der Waals surface area contributed by atoms with E-state index < -0.39 is 29.8 Å². The highest BCUT2D eigenvalue weighted by Gasteiger charge is 2.43. The van der Waals surface area contributed by atoms with Crippen LogP contribution >= 0.6 is 23.2 Å². The van der Waals surface area contributed by atoms with Gasteiger partial charge in [0.1, 0.15) is 0 Å². The number of benzene rings is 2. The summed E-state index contributed by atoms with van der Waals surface area (Å²) in [4.78, 5) is 25.6. The Morgan fingerprint density at radius 2 is 1.58 bits per heavy atom. The van der Waals surface area contributed by atoms with Crippen LogP contribution in [0.3, 0.4) is 0 Å². The van der Waals surface area contributed by atoms with E-state index in [1.165, 1.54) is 14.2 Å². The van der Waals surface area contributed by atoms with Crippen molar-refractivity contribution in [3.05, 3.63) is 76.3 Å². The molecule has 0 radical (unpaired) electrons. The molecule has 0 aromatic heterocycles. The topological polar surface area (TPSA) is 64.6 Å². The van der Waals surface area contributed by atoms with Crippen LogP contribution in [0.4, 0.5) is 5.69 Å². The molecule has 31 heavy (non-hydrogen) atoms. The van der Waals surface area contributed by atoms with Gasteiger partial charge >= 0.3 is 11.9 Å². The fourth-order valence-electron chi connectivity index (χ4n) is 4.08. The Bertz CT molecular complexity index is 928. The van der Waals surface area contributed by atoms with Gasteiger partial charge in [0.15, 0.2) is 0 Å². The van der Waals surface area contributed by atoms with Crippen LogP contribution in [0.25, 0.3) is 0 Å². The first-order chi connectivity index (χ1) is 14.9. The number of rotatable bonds is 7. The molecule has 0 fully saturated rings. The molecule has 0 amide bonds. The highest BCUT2D eigenvalue weighted by molar-refractivity contribution is 6.30. The van der Waals surface area contributed by atoms with Gasteiger partial charge in [0.25, 0.3) is 0 Å². The van der Waals surface area contributed by atoms with Gasteiger partial charge in [-0.15, -0.1) is 0 Å². The van der Waals surface area contributed by atoms with Gasteiger partial charge in [0, 0.05) is 21.7 Å². The lowest BCUT2D eigenvalue weighted by molar-refractivity contribution is -0.153. The molecule has 0 bridgehead atoms. The number of halogens is 2. The molecule has 2 aromatic carbocycles. The quantitative estimate of drug-likeness (QED) is 0.423. The predicted molar refractivity (Wildman–Crippen MR) is 122 cm³/mol. The van der Waals surface area contributed by atoms with Gasteiger partial charge in [-0.3, -0.25) is 9.59 Å². The second-order valence-electron chi connectivity index (χ2n) is 7.44. The fourth-order valence-corrected chi connectivity index (χ4v) is 4.33. The third kappa shape index (κ3) is 5.60. The summed E-state index contributed by atoms with van der Waals surface area (Å²) in [7, 11) is 2.73. The molecule has 0 saturated carbocycles. The lowest BCUT2D eigenvalue weighted by Crippen LogP contribution is -2.40. The number of allylic oxidation sites excluding steroid dienone is 2. The summed E-state index contributed by atoms with van der Waals surface area (Å²) in [5.41, 5.74) is 1.63. The summed E-state index contributed by atoms with van der Waals surface area (Å²) in [6, 6.07) is 14.0. The van der Waals surface area contributed by atoms with Crippen LogP contribution in [0.2, 0.25) is 10.0 Å². The van der Waals surface area contributed by atoms with Crippen molar-refractivity contribution in [1.29, 1.82) is 0 Å². The van der Waals surface area contributed by atoms with Crippen molar-refractivity contribution < 1.29 is 19.1 Å². The minimum atomic E-state index is -0.678. The van der Waals surface area contributed by atoms with E-state index in [4.69, 9.17) is 32.7 Å². The number of esters is 2. The summed E-state index contributed by atoms with van der Waals surface area (Å²) in [5.74, 6) is -2.26. The SMILES string of the molecule is COC(=O)[C@H]([C@H]1C=CCC[C@H]1C(=O)OC)[C@H](Nc1ccc(Cl)cc1)c1ccc(Cl)cc1. The van der Waals surface area contributed by atoms with Gasteiger partial charge in [-0.1, -0.05) is 47.5 Å². The average molecular weight is 462 g/mol. The number of nitrogens with one attached hydrogen (secondary N) is 1. The molecule has 164 valence electrons. The van der Waals surface area contributed by atoms with Crippen molar-refractivity contribution in [2.75, 3.05) is 19.5 Å². The first-order valence-electron chi connectivity index (χ1n) is 10.0. The predicted octanol–water partition coefficient (Wildman–Crippen LogP) is 5.69. The van der Waals surface area contributed by atoms with Crippen LogP contribution in [0.5, 0.6) is 0 Å². The molecule has 5 nitrogen and oxygen atoms in total. The van der Waals surface area contributed by atoms with Gasteiger partial charge in [-0.2, -0.15) is 0 Å². The van der Waals surface area contributed by atoms with Crippen LogP contribution < -0.4 is 5.32 Å². The second kappa shape index (κ2) is 10.7. The normalized spacial score (nSPS) is 19.9. The van der Waals surface area contributed by atoms with Crippen molar-refractivity contribution in [2.24, 2.45) is 17.8 Å². The van der Waals surface area contributed by atoms with Crippen LogP contribution in [0, 0.1) is 17.8 Å². The number of anilines is 1. The Hall–Kier alpha value is -2.50. The highest BCUT2D eigenvalue weighted by atomic mass is 35.5. The molecule has 0 saturated heterocycles. The Balaban J connectivity index is 2.08. The second-order valence-corrected chi connectivity index (χ2v) is 8.31. The molecule has 2 aromatic rings. The number of carbonyl (C=O) groups excluding carboxylic acids is 2. The summed E-state index contributed by atoms with van der Waals surface area (Å²) in [6.45, 7) is 0.